The summed E-state index contributed by atoms with van der Waals surface area (Å²) in [5, 5.41) is 13.6. The Hall–Kier alpha value is -3.78. The second kappa shape index (κ2) is 10.0. The molecule has 1 heterocycles. The van der Waals surface area contributed by atoms with Crippen LogP contribution in [0.4, 0.5) is 0 Å². The highest BCUT2D eigenvalue weighted by Crippen LogP contribution is 2.38. The van der Waals surface area contributed by atoms with Crippen LogP contribution in [-0.2, 0) is 17.9 Å². The molecule has 0 spiro atoms. The first-order chi connectivity index (χ1) is 16.4. The van der Waals surface area contributed by atoms with Gasteiger partial charge in [0, 0.05) is 19.0 Å². The fourth-order valence-electron chi connectivity index (χ4n) is 3.49. The quantitative estimate of drug-likeness (QED) is 0.347. The topological polar surface area (TPSA) is 98.0 Å². The standard InChI is InChI=1S/C26H22BrNO6/c1-15(29)28-13-17-10-19-23(30)24(31)25(34-26(19)20(27)11-17)18-8-9-21(22(12-18)32-2)33-14-16-6-4-3-5-7-16/h3-12,31H,13-14H2,1-2H3,(H,28,29). The average molecular weight is 524 g/mol. The van der Waals surface area contributed by atoms with Crippen LogP contribution in [0.1, 0.15) is 18.1 Å². The summed E-state index contributed by atoms with van der Waals surface area (Å²) in [5.74, 6) is 0.255. The average Bonchev–Trinajstić information content (AvgIpc) is 2.84. The molecule has 4 aromatic rings. The number of benzene rings is 3. The van der Waals surface area contributed by atoms with Crippen LogP contribution < -0.4 is 20.2 Å². The number of fused-ring (bicyclic) bond motifs is 1. The highest BCUT2D eigenvalue weighted by Gasteiger charge is 2.19. The number of carbonyl (C=O) groups excluding carboxylic acids is 1. The first-order valence-electron chi connectivity index (χ1n) is 10.4. The fourth-order valence-corrected chi connectivity index (χ4v) is 4.08. The normalized spacial score (nSPS) is 10.8. The molecule has 0 saturated carbocycles. The highest BCUT2D eigenvalue weighted by molar-refractivity contribution is 9.10. The summed E-state index contributed by atoms with van der Waals surface area (Å²) in [5.41, 5.74) is 1.86. The lowest BCUT2D eigenvalue weighted by Crippen LogP contribution is -2.19. The first-order valence-corrected chi connectivity index (χ1v) is 11.2. The predicted octanol–water partition coefficient (Wildman–Crippen LogP) is 5.15. The maximum atomic E-state index is 13.0. The zero-order valence-electron chi connectivity index (χ0n) is 18.6. The van der Waals surface area contributed by atoms with Gasteiger partial charge in [0.25, 0.3) is 0 Å². The van der Waals surface area contributed by atoms with Crippen molar-refractivity contribution >= 4 is 32.8 Å². The van der Waals surface area contributed by atoms with Crippen LogP contribution in [0.25, 0.3) is 22.3 Å². The first kappa shape index (κ1) is 23.4. The van der Waals surface area contributed by atoms with Gasteiger partial charge in [-0.05, 0) is 57.4 Å². The van der Waals surface area contributed by atoms with Gasteiger partial charge in [0.1, 0.15) is 6.61 Å². The van der Waals surface area contributed by atoms with Gasteiger partial charge in [-0.2, -0.15) is 0 Å². The maximum Gasteiger partial charge on any atom is 0.235 e. The Bertz CT molecular complexity index is 1410. The molecule has 8 heteroatoms. The van der Waals surface area contributed by atoms with Crippen molar-refractivity contribution in [3.63, 3.8) is 0 Å². The van der Waals surface area contributed by atoms with Gasteiger partial charge in [-0.15, -0.1) is 0 Å². The molecule has 0 bridgehead atoms. The van der Waals surface area contributed by atoms with Crippen LogP contribution in [-0.4, -0.2) is 18.1 Å². The molecular weight excluding hydrogens is 502 g/mol. The van der Waals surface area contributed by atoms with E-state index in [0.717, 1.165) is 5.56 Å². The van der Waals surface area contributed by atoms with Crippen LogP contribution in [0.3, 0.4) is 0 Å². The number of hydrogen-bond donors (Lipinski definition) is 2. The van der Waals surface area contributed by atoms with E-state index in [0.29, 0.717) is 33.7 Å². The van der Waals surface area contributed by atoms with Crippen LogP contribution in [0.5, 0.6) is 17.2 Å². The molecule has 0 fully saturated rings. The van der Waals surface area contributed by atoms with Gasteiger partial charge in [0.05, 0.1) is 17.0 Å². The molecule has 2 N–H and O–H groups in total. The number of nitrogens with one attached hydrogen (secondary N) is 1. The van der Waals surface area contributed by atoms with Crippen molar-refractivity contribution in [2.45, 2.75) is 20.1 Å². The molecule has 0 aliphatic heterocycles. The number of carbonyl (C=O) groups is 1. The number of rotatable bonds is 7. The van der Waals surface area contributed by atoms with Crippen molar-refractivity contribution in [2.24, 2.45) is 0 Å². The molecule has 0 atom stereocenters. The number of hydrogen-bond acceptors (Lipinski definition) is 6. The van der Waals surface area contributed by atoms with Gasteiger partial charge in [0.15, 0.2) is 22.8 Å². The van der Waals surface area contributed by atoms with Gasteiger partial charge in [-0.3, -0.25) is 9.59 Å². The van der Waals surface area contributed by atoms with Gasteiger partial charge in [-0.25, -0.2) is 0 Å². The third-order valence-electron chi connectivity index (χ3n) is 5.19. The fraction of sp³-hybridized carbons (Fsp3) is 0.154. The molecule has 4 rings (SSSR count). The summed E-state index contributed by atoms with van der Waals surface area (Å²) in [4.78, 5) is 24.2. The molecule has 7 nitrogen and oxygen atoms in total. The van der Waals surface area contributed by atoms with Crippen LogP contribution in [0, 0.1) is 0 Å². The summed E-state index contributed by atoms with van der Waals surface area (Å²) >= 11 is 3.43. The largest absolute Gasteiger partial charge is 0.502 e. The Morgan fingerprint density at radius 3 is 2.53 bits per heavy atom. The molecular formula is C26H22BrNO6. The van der Waals surface area contributed by atoms with E-state index in [1.165, 1.54) is 14.0 Å². The number of aromatic hydroxyl groups is 1. The predicted molar refractivity (Wildman–Crippen MR) is 132 cm³/mol. The van der Waals surface area contributed by atoms with E-state index in [9.17, 15) is 14.7 Å². The molecule has 0 aliphatic carbocycles. The lowest BCUT2D eigenvalue weighted by Gasteiger charge is -2.13. The molecule has 0 radical (unpaired) electrons. The third kappa shape index (κ3) is 4.92. The van der Waals surface area contributed by atoms with Crippen LogP contribution in [0.2, 0.25) is 0 Å². The number of methoxy groups -OCH3 is 1. The molecule has 34 heavy (non-hydrogen) atoms. The Kier molecular flexibility index (Phi) is 6.88. The molecule has 0 aliphatic rings. The lowest BCUT2D eigenvalue weighted by atomic mass is 10.1. The zero-order chi connectivity index (χ0) is 24.2. The van der Waals surface area contributed by atoms with E-state index in [2.05, 4.69) is 21.2 Å². The number of amides is 1. The van der Waals surface area contributed by atoms with Crippen molar-refractivity contribution in [1.29, 1.82) is 0 Å². The molecule has 174 valence electrons. The monoisotopic (exact) mass is 523 g/mol. The van der Waals surface area contributed by atoms with Crippen molar-refractivity contribution in [2.75, 3.05) is 7.11 Å². The van der Waals surface area contributed by atoms with Gasteiger partial charge in [0.2, 0.25) is 17.1 Å². The highest BCUT2D eigenvalue weighted by atomic mass is 79.9. The Morgan fingerprint density at radius 2 is 1.82 bits per heavy atom. The third-order valence-corrected chi connectivity index (χ3v) is 5.78. The van der Waals surface area contributed by atoms with E-state index in [1.54, 1.807) is 30.3 Å². The molecule has 0 unspecified atom stereocenters. The Labute approximate surface area is 204 Å². The van der Waals surface area contributed by atoms with Crippen molar-refractivity contribution in [3.05, 3.63) is 86.5 Å². The zero-order valence-corrected chi connectivity index (χ0v) is 20.1. The van der Waals surface area contributed by atoms with Crippen LogP contribution >= 0.6 is 15.9 Å². The van der Waals surface area contributed by atoms with E-state index in [1.807, 2.05) is 30.3 Å². The van der Waals surface area contributed by atoms with Gasteiger partial charge >= 0.3 is 0 Å². The minimum Gasteiger partial charge on any atom is -0.502 e. The summed E-state index contributed by atoms with van der Waals surface area (Å²) < 4.78 is 17.8. The minimum atomic E-state index is -0.579. The van der Waals surface area contributed by atoms with Crippen molar-refractivity contribution < 1.29 is 23.8 Å². The lowest BCUT2D eigenvalue weighted by molar-refractivity contribution is -0.119. The Balaban J connectivity index is 1.70. The summed E-state index contributed by atoms with van der Waals surface area (Å²) in [6.45, 7) is 2.02. The Morgan fingerprint density at radius 1 is 1.06 bits per heavy atom. The number of ether oxygens (including phenoxy) is 2. The second-order valence-electron chi connectivity index (χ2n) is 7.61. The van der Waals surface area contributed by atoms with E-state index in [4.69, 9.17) is 13.9 Å². The SMILES string of the molecule is COc1cc(-c2oc3c(Br)cc(CNC(C)=O)cc3c(=O)c2O)ccc1OCc1ccccc1. The summed E-state index contributed by atoms with van der Waals surface area (Å²) in [6, 6.07) is 18.1. The number of halogens is 1. The van der Waals surface area contributed by atoms with E-state index >= 15 is 0 Å². The maximum absolute atomic E-state index is 13.0. The smallest absolute Gasteiger partial charge is 0.235 e. The molecule has 1 aromatic heterocycles. The van der Waals surface area contributed by atoms with Crippen molar-refractivity contribution in [1.82, 2.24) is 5.32 Å². The summed E-state index contributed by atoms with van der Waals surface area (Å²) in [6.07, 6.45) is 0. The van der Waals surface area contributed by atoms with Crippen molar-refractivity contribution in [3.8, 4) is 28.6 Å². The molecule has 1 amide bonds. The molecule has 0 saturated heterocycles. The van der Waals surface area contributed by atoms with Crippen LogP contribution in [0.15, 0.2) is 74.3 Å². The minimum absolute atomic E-state index is 0.0146. The van der Waals surface area contributed by atoms with Gasteiger partial charge in [-0.1, -0.05) is 30.3 Å². The second-order valence-corrected chi connectivity index (χ2v) is 8.47. The molecule has 3 aromatic carbocycles. The van der Waals surface area contributed by atoms with E-state index < -0.39 is 11.2 Å². The van der Waals surface area contributed by atoms with E-state index in [-0.39, 0.29) is 29.2 Å². The van der Waals surface area contributed by atoms with Gasteiger partial charge < -0.3 is 24.3 Å². The summed E-state index contributed by atoms with van der Waals surface area (Å²) in [7, 11) is 1.51.